The van der Waals surface area contributed by atoms with Crippen LogP contribution in [-0.2, 0) is 0 Å². The number of aromatic nitrogens is 1. The molecule has 0 radical (unpaired) electrons. The van der Waals surface area contributed by atoms with Crippen molar-refractivity contribution in [3.8, 4) is 10.9 Å². The first-order valence-electron chi connectivity index (χ1n) is 4.78. The van der Waals surface area contributed by atoms with Crippen molar-refractivity contribution in [1.29, 1.82) is 0 Å². The van der Waals surface area contributed by atoms with Gasteiger partial charge in [-0.25, -0.2) is 14.2 Å². The molecule has 0 aliphatic heterocycles. The monoisotopic (exact) mass is 284 g/mol. The van der Waals surface area contributed by atoms with E-state index in [1.165, 1.54) is 6.07 Å². The fourth-order valence-electron chi connectivity index (χ4n) is 1.22. The molecular weight excluding hydrogens is 279 g/mol. The van der Waals surface area contributed by atoms with E-state index in [0.717, 1.165) is 18.3 Å². The molecule has 0 unspecified atom stereocenters. The Morgan fingerprint density at radius 1 is 1.53 bits per heavy atom. The van der Waals surface area contributed by atoms with E-state index in [-0.39, 0.29) is 15.9 Å². The Balaban J connectivity index is 2.21. The van der Waals surface area contributed by atoms with Crippen molar-refractivity contribution >= 4 is 22.3 Å². The van der Waals surface area contributed by atoms with Crippen molar-refractivity contribution in [2.45, 2.75) is 0 Å². The molecule has 7 nitrogen and oxygen atoms in total. The third-order valence-electron chi connectivity index (χ3n) is 2.03. The van der Waals surface area contributed by atoms with Crippen molar-refractivity contribution in [1.82, 2.24) is 4.98 Å². The van der Waals surface area contributed by atoms with Crippen molar-refractivity contribution in [3.63, 3.8) is 0 Å². The second-order valence-corrected chi connectivity index (χ2v) is 4.24. The van der Waals surface area contributed by atoms with Gasteiger partial charge in [0.05, 0.1) is 10.5 Å². The number of rotatable bonds is 4. The van der Waals surface area contributed by atoms with Gasteiger partial charge in [-0.15, -0.1) is 0 Å². The van der Waals surface area contributed by atoms with Gasteiger partial charge in [-0.3, -0.25) is 10.1 Å². The van der Waals surface area contributed by atoms with Crippen LogP contribution in [0.5, 0.6) is 10.9 Å². The van der Waals surface area contributed by atoms with Gasteiger partial charge in [0.2, 0.25) is 0 Å². The van der Waals surface area contributed by atoms with Gasteiger partial charge in [0.25, 0.3) is 5.19 Å². The lowest BCUT2D eigenvalue weighted by Gasteiger charge is -2.02. The molecule has 1 N–H and O–H groups in total. The number of thiazole rings is 1. The molecule has 1 heterocycles. The number of carboxylic acids is 1. The van der Waals surface area contributed by atoms with E-state index in [4.69, 9.17) is 9.84 Å². The maximum absolute atomic E-state index is 13.4. The summed E-state index contributed by atoms with van der Waals surface area (Å²) in [5, 5.41) is 18.8. The second-order valence-electron chi connectivity index (χ2n) is 3.27. The van der Waals surface area contributed by atoms with Crippen LogP contribution in [0.2, 0.25) is 0 Å². The number of hydrogen-bond acceptors (Lipinski definition) is 6. The van der Waals surface area contributed by atoms with Crippen LogP contribution >= 0.6 is 11.3 Å². The molecule has 0 amide bonds. The summed E-state index contributed by atoms with van der Waals surface area (Å²) in [4.78, 5) is 24.0. The molecule has 0 saturated heterocycles. The Hall–Kier alpha value is -2.55. The standard InChI is InChI=1S/C10H5FN2O5S/c11-7-3-5(1-2-6(7)9(14)15)18-10-12-4-8(19-10)13(16)17/h1-4H,(H,14,15). The first-order valence-corrected chi connectivity index (χ1v) is 5.60. The highest BCUT2D eigenvalue weighted by Gasteiger charge is 2.15. The molecular formula is C10H5FN2O5S. The molecule has 1 aromatic carbocycles. The zero-order valence-electron chi connectivity index (χ0n) is 9.07. The van der Waals surface area contributed by atoms with Crippen LogP contribution in [0.3, 0.4) is 0 Å². The predicted octanol–water partition coefficient (Wildman–Crippen LogP) is 2.68. The van der Waals surface area contributed by atoms with Gasteiger partial charge in [-0.2, -0.15) is 0 Å². The highest BCUT2D eigenvalue weighted by Crippen LogP contribution is 2.31. The zero-order valence-corrected chi connectivity index (χ0v) is 9.89. The number of nitrogens with zero attached hydrogens (tertiary/aromatic N) is 2. The van der Waals surface area contributed by atoms with Crippen LogP contribution in [0.1, 0.15) is 10.4 Å². The summed E-state index contributed by atoms with van der Waals surface area (Å²) in [6, 6.07) is 3.14. The average Bonchev–Trinajstić information content (AvgIpc) is 2.77. The van der Waals surface area contributed by atoms with Crippen molar-refractivity contribution < 1.29 is 24.0 Å². The van der Waals surface area contributed by atoms with Crippen molar-refractivity contribution in [2.75, 3.05) is 0 Å². The molecule has 0 aliphatic carbocycles. The fraction of sp³-hybridized carbons (Fsp3) is 0. The summed E-state index contributed by atoms with van der Waals surface area (Å²) < 4.78 is 18.4. The topological polar surface area (TPSA) is 103 Å². The molecule has 98 valence electrons. The van der Waals surface area contributed by atoms with Crippen LogP contribution < -0.4 is 4.74 Å². The van der Waals surface area contributed by atoms with E-state index in [1.807, 2.05) is 0 Å². The highest BCUT2D eigenvalue weighted by molar-refractivity contribution is 7.16. The Kier molecular flexibility index (Phi) is 3.38. The normalized spacial score (nSPS) is 10.2. The number of nitro groups is 1. The van der Waals surface area contributed by atoms with Crippen LogP contribution in [0.15, 0.2) is 24.4 Å². The Morgan fingerprint density at radius 2 is 2.26 bits per heavy atom. The number of carboxylic acid groups (broad SMARTS) is 1. The predicted molar refractivity (Wildman–Crippen MR) is 62.2 cm³/mol. The van der Waals surface area contributed by atoms with E-state index < -0.39 is 22.3 Å². The summed E-state index contributed by atoms with van der Waals surface area (Å²) >= 11 is 0.681. The number of ether oxygens (including phenoxy) is 1. The minimum atomic E-state index is -1.39. The number of hydrogen-bond donors (Lipinski definition) is 1. The number of carbonyl (C=O) groups is 1. The van der Waals surface area contributed by atoms with Gasteiger partial charge in [0.1, 0.15) is 17.8 Å². The summed E-state index contributed by atoms with van der Waals surface area (Å²) in [6.07, 6.45) is 1.02. The number of benzene rings is 1. The molecule has 0 aliphatic rings. The summed E-state index contributed by atoms with van der Waals surface area (Å²) in [7, 11) is 0. The lowest BCUT2D eigenvalue weighted by molar-refractivity contribution is -0.380. The van der Waals surface area contributed by atoms with E-state index in [1.54, 1.807) is 0 Å². The summed E-state index contributed by atoms with van der Waals surface area (Å²) in [5.74, 6) is -2.35. The largest absolute Gasteiger partial charge is 0.478 e. The lowest BCUT2D eigenvalue weighted by atomic mass is 10.2. The zero-order chi connectivity index (χ0) is 14.0. The Bertz CT molecular complexity index is 657. The van der Waals surface area contributed by atoms with Crippen LogP contribution in [0.4, 0.5) is 9.39 Å². The smallest absolute Gasteiger partial charge is 0.347 e. The number of halogens is 1. The molecule has 0 spiro atoms. The average molecular weight is 284 g/mol. The van der Waals surface area contributed by atoms with Crippen LogP contribution in [0.25, 0.3) is 0 Å². The second kappa shape index (κ2) is 4.98. The SMILES string of the molecule is O=C(O)c1ccc(Oc2ncc([N+](=O)[O-])s2)cc1F. The van der Waals surface area contributed by atoms with Crippen molar-refractivity contribution in [3.05, 3.63) is 45.9 Å². The lowest BCUT2D eigenvalue weighted by Crippen LogP contribution is -2.00. The highest BCUT2D eigenvalue weighted by atomic mass is 32.1. The molecule has 0 saturated carbocycles. The van der Waals surface area contributed by atoms with Gasteiger partial charge in [0.15, 0.2) is 0 Å². The molecule has 2 rings (SSSR count). The number of aromatic carboxylic acids is 1. The van der Waals surface area contributed by atoms with E-state index in [9.17, 15) is 19.3 Å². The summed E-state index contributed by atoms with van der Waals surface area (Å²) in [6.45, 7) is 0. The maximum atomic E-state index is 13.4. The van der Waals surface area contributed by atoms with Gasteiger partial charge in [0, 0.05) is 6.07 Å². The molecule has 0 fully saturated rings. The Morgan fingerprint density at radius 3 is 2.79 bits per heavy atom. The van der Waals surface area contributed by atoms with Crippen molar-refractivity contribution in [2.24, 2.45) is 0 Å². The van der Waals surface area contributed by atoms with Gasteiger partial charge in [-0.1, -0.05) is 0 Å². The minimum absolute atomic E-state index is 0.00625. The first-order chi connectivity index (χ1) is 8.97. The van der Waals surface area contributed by atoms with Crippen LogP contribution in [-0.4, -0.2) is 21.0 Å². The van der Waals surface area contributed by atoms with E-state index in [2.05, 4.69) is 4.98 Å². The van der Waals surface area contributed by atoms with Crippen LogP contribution in [0, 0.1) is 15.9 Å². The minimum Gasteiger partial charge on any atom is -0.478 e. The van der Waals surface area contributed by atoms with E-state index in [0.29, 0.717) is 11.3 Å². The Labute approximate surface area is 109 Å². The van der Waals surface area contributed by atoms with Gasteiger partial charge < -0.3 is 9.84 Å². The molecule has 9 heteroatoms. The van der Waals surface area contributed by atoms with Gasteiger partial charge >= 0.3 is 11.0 Å². The third kappa shape index (κ3) is 2.83. The quantitative estimate of drug-likeness (QED) is 0.684. The molecule has 0 atom stereocenters. The first kappa shape index (κ1) is 12.9. The maximum Gasteiger partial charge on any atom is 0.347 e. The summed E-state index contributed by atoms with van der Waals surface area (Å²) in [5.41, 5.74) is -0.488. The van der Waals surface area contributed by atoms with Gasteiger partial charge in [-0.05, 0) is 23.5 Å². The third-order valence-corrected chi connectivity index (χ3v) is 2.86. The molecule has 19 heavy (non-hydrogen) atoms. The molecule has 0 bridgehead atoms. The molecule has 1 aromatic heterocycles. The fourth-order valence-corrected chi connectivity index (χ4v) is 1.82. The van der Waals surface area contributed by atoms with E-state index >= 15 is 0 Å². The molecule has 2 aromatic rings.